The van der Waals surface area contributed by atoms with Crippen molar-refractivity contribution in [3.05, 3.63) is 83.2 Å². The second kappa shape index (κ2) is 9.95. The molecule has 0 atom stereocenters. The van der Waals surface area contributed by atoms with E-state index in [2.05, 4.69) is 20.1 Å². The number of halogens is 3. The van der Waals surface area contributed by atoms with Crippen LogP contribution in [0.1, 0.15) is 27.0 Å². The number of hydrogen-bond donors (Lipinski definition) is 1. The number of alkyl halides is 3. The summed E-state index contributed by atoms with van der Waals surface area (Å²) in [5, 5.41) is 2.67. The molecule has 0 spiro atoms. The van der Waals surface area contributed by atoms with Crippen LogP contribution in [0.25, 0.3) is 11.1 Å². The van der Waals surface area contributed by atoms with E-state index in [0.29, 0.717) is 17.7 Å². The molecule has 2 heterocycles. The first-order chi connectivity index (χ1) is 16.2. The van der Waals surface area contributed by atoms with Crippen molar-refractivity contribution in [2.75, 3.05) is 38.5 Å². The molecule has 4 rings (SSSR count). The van der Waals surface area contributed by atoms with Crippen LogP contribution in [0.4, 0.5) is 18.9 Å². The van der Waals surface area contributed by atoms with Gasteiger partial charge < -0.3 is 10.2 Å². The molecule has 5 nitrogen and oxygen atoms in total. The molecule has 0 radical (unpaired) electrons. The highest BCUT2D eigenvalue weighted by Crippen LogP contribution is 2.33. The minimum absolute atomic E-state index is 0.132. The van der Waals surface area contributed by atoms with Crippen molar-refractivity contribution >= 4 is 11.6 Å². The van der Waals surface area contributed by atoms with Gasteiger partial charge in [-0.3, -0.25) is 14.7 Å². The molecule has 3 aromatic rings. The normalized spacial score (nSPS) is 15.3. The number of anilines is 1. The van der Waals surface area contributed by atoms with Gasteiger partial charge in [0.15, 0.2) is 0 Å². The Bertz CT molecular complexity index is 1160. The number of nitrogens with zero attached hydrogens (tertiary/aromatic N) is 3. The molecule has 34 heavy (non-hydrogen) atoms. The number of pyridine rings is 1. The first kappa shape index (κ1) is 23.9. The molecule has 1 aromatic heterocycles. The first-order valence-corrected chi connectivity index (χ1v) is 11.1. The van der Waals surface area contributed by atoms with Gasteiger partial charge in [0.2, 0.25) is 0 Å². The van der Waals surface area contributed by atoms with Gasteiger partial charge >= 0.3 is 6.18 Å². The van der Waals surface area contributed by atoms with Gasteiger partial charge in [0.05, 0.1) is 5.56 Å². The van der Waals surface area contributed by atoms with Crippen LogP contribution in [-0.2, 0) is 12.7 Å². The molecule has 1 fully saturated rings. The monoisotopic (exact) mass is 468 g/mol. The van der Waals surface area contributed by atoms with E-state index in [9.17, 15) is 18.0 Å². The average Bonchev–Trinajstić information content (AvgIpc) is 2.81. The number of aryl methyl sites for hydroxylation is 1. The maximum absolute atomic E-state index is 13.6. The summed E-state index contributed by atoms with van der Waals surface area (Å²) in [6.07, 6.45) is -1.13. The summed E-state index contributed by atoms with van der Waals surface area (Å²) in [6.45, 7) is 5.64. The molecule has 178 valence electrons. The van der Waals surface area contributed by atoms with Crippen molar-refractivity contribution in [1.29, 1.82) is 0 Å². The third-order valence-electron chi connectivity index (χ3n) is 6.05. The van der Waals surface area contributed by atoms with Gasteiger partial charge in [0.1, 0.15) is 0 Å². The predicted molar refractivity (Wildman–Crippen MR) is 127 cm³/mol. The standard InChI is InChI=1S/C26H27F3N4O/c1-18-5-6-20(14-24(18)21-4-3-7-30-16-21)25(34)31-23-13-19(12-22(15-23)26(27,28)29)17-33-10-8-32(2)9-11-33/h3-7,12-16H,8-11,17H2,1-2H3,(H,31,34). The SMILES string of the molecule is Cc1ccc(C(=O)Nc2cc(CN3CCN(C)CC3)cc(C(F)(F)F)c2)cc1-c1cccnc1. The second-order valence-electron chi connectivity index (χ2n) is 8.72. The lowest BCUT2D eigenvalue weighted by Crippen LogP contribution is -2.43. The third kappa shape index (κ3) is 5.81. The minimum atomic E-state index is -4.51. The Balaban J connectivity index is 1.58. The van der Waals surface area contributed by atoms with Crippen molar-refractivity contribution in [3.8, 4) is 11.1 Å². The molecule has 0 aliphatic carbocycles. The Labute approximate surface area is 197 Å². The lowest BCUT2D eigenvalue weighted by molar-refractivity contribution is -0.137. The Morgan fingerprint density at radius 1 is 1.06 bits per heavy atom. The van der Waals surface area contributed by atoms with E-state index in [-0.39, 0.29) is 5.69 Å². The van der Waals surface area contributed by atoms with Gasteiger partial charge in [0.25, 0.3) is 5.91 Å². The van der Waals surface area contributed by atoms with Crippen molar-refractivity contribution in [1.82, 2.24) is 14.8 Å². The van der Waals surface area contributed by atoms with Crippen molar-refractivity contribution in [2.45, 2.75) is 19.6 Å². The molecule has 0 bridgehead atoms. The van der Waals surface area contributed by atoms with Crippen molar-refractivity contribution < 1.29 is 18.0 Å². The number of benzene rings is 2. The van der Waals surface area contributed by atoms with Crippen LogP contribution >= 0.6 is 0 Å². The van der Waals surface area contributed by atoms with E-state index in [1.807, 2.05) is 32.2 Å². The van der Waals surface area contributed by atoms with Crippen LogP contribution in [0.5, 0.6) is 0 Å². The van der Waals surface area contributed by atoms with Crippen LogP contribution in [0.2, 0.25) is 0 Å². The maximum atomic E-state index is 13.6. The summed E-state index contributed by atoms with van der Waals surface area (Å²) in [6, 6.07) is 12.7. The summed E-state index contributed by atoms with van der Waals surface area (Å²) in [5.41, 5.74) is 2.93. The molecule has 0 unspecified atom stereocenters. The summed E-state index contributed by atoms with van der Waals surface area (Å²) in [5.74, 6) is -0.463. The molecule has 1 aliphatic rings. The van der Waals surface area contributed by atoms with Crippen molar-refractivity contribution in [2.24, 2.45) is 0 Å². The van der Waals surface area contributed by atoms with Crippen LogP contribution in [-0.4, -0.2) is 53.9 Å². The highest BCUT2D eigenvalue weighted by molar-refractivity contribution is 6.05. The first-order valence-electron chi connectivity index (χ1n) is 11.1. The number of hydrogen-bond acceptors (Lipinski definition) is 4. The molecular weight excluding hydrogens is 441 g/mol. The largest absolute Gasteiger partial charge is 0.416 e. The van der Waals surface area contributed by atoms with Gasteiger partial charge in [-0.2, -0.15) is 13.2 Å². The molecule has 1 amide bonds. The van der Waals surface area contributed by atoms with Crippen LogP contribution < -0.4 is 5.32 Å². The molecule has 1 saturated heterocycles. The van der Waals surface area contributed by atoms with Gasteiger partial charge in [-0.15, -0.1) is 0 Å². The Morgan fingerprint density at radius 2 is 1.82 bits per heavy atom. The van der Waals surface area contributed by atoms with Gasteiger partial charge in [0, 0.05) is 61.9 Å². The number of nitrogens with one attached hydrogen (secondary N) is 1. The lowest BCUT2D eigenvalue weighted by Gasteiger charge is -2.32. The summed E-state index contributed by atoms with van der Waals surface area (Å²) < 4.78 is 40.8. The highest BCUT2D eigenvalue weighted by Gasteiger charge is 2.31. The molecule has 0 saturated carbocycles. The number of aromatic nitrogens is 1. The quantitative estimate of drug-likeness (QED) is 0.568. The number of carbonyl (C=O) groups excluding carboxylic acids is 1. The lowest BCUT2D eigenvalue weighted by atomic mass is 9.99. The van der Waals surface area contributed by atoms with E-state index >= 15 is 0 Å². The van der Waals surface area contributed by atoms with E-state index in [4.69, 9.17) is 0 Å². The zero-order valence-electron chi connectivity index (χ0n) is 19.2. The van der Waals surface area contributed by atoms with Gasteiger partial charge in [-0.05, 0) is 67.1 Å². The molecular formula is C26H27F3N4O. The zero-order chi connectivity index (χ0) is 24.3. The fourth-order valence-electron chi connectivity index (χ4n) is 4.08. The summed E-state index contributed by atoms with van der Waals surface area (Å²) >= 11 is 0. The summed E-state index contributed by atoms with van der Waals surface area (Å²) in [4.78, 5) is 21.4. The zero-order valence-corrected chi connectivity index (χ0v) is 19.2. The maximum Gasteiger partial charge on any atom is 0.416 e. The molecule has 1 N–H and O–H groups in total. The van der Waals surface area contributed by atoms with E-state index in [1.165, 1.54) is 6.07 Å². The van der Waals surface area contributed by atoms with Crippen LogP contribution in [0.15, 0.2) is 60.9 Å². The predicted octanol–water partition coefficient (Wildman–Crippen LogP) is 5.08. The number of carbonyl (C=O) groups is 1. The van der Waals surface area contributed by atoms with E-state index in [0.717, 1.165) is 48.9 Å². The number of amides is 1. The van der Waals surface area contributed by atoms with Crippen LogP contribution in [0.3, 0.4) is 0 Å². The smallest absolute Gasteiger partial charge is 0.322 e. The Hall–Kier alpha value is -3.23. The van der Waals surface area contributed by atoms with Gasteiger partial charge in [-0.1, -0.05) is 12.1 Å². The van der Waals surface area contributed by atoms with Crippen LogP contribution in [0, 0.1) is 6.92 Å². The second-order valence-corrected chi connectivity index (χ2v) is 8.72. The topological polar surface area (TPSA) is 48.5 Å². The van der Waals surface area contributed by atoms with Gasteiger partial charge in [-0.25, -0.2) is 0 Å². The van der Waals surface area contributed by atoms with Crippen molar-refractivity contribution in [3.63, 3.8) is 0 Å². The Morgan fingerprint density at radius 3 is 2.50 bits per heavy atom. The minimum Gasteiger partial charge on any atom is -0.322 e. The average molecular weight is 469 g/mol. The number of piperazine rings is 1. The third-order valence-corrected chi connectivity index (χ3v) is 6.05. The molecule has 2 aromatic carbocycles. The number of likely N-dealkylation sites (N-methyl/N-ethyl adjacent to an activating group) is 1. The fraction of sp³-hybridized carbons (Fsp3) is 0.308. The molecule has 8 heteroatoms. The Kier molecular flexibility index (Phi) is 7.00. The number of rotatable bonds is 5. The van der Waals surface area contributed by atoms with E-state index < -0.39 is 17.6 Å². The fourth-order valence-corrected chi connectivity index (χ4v) is 4.08. The molecule has 1 aliphatic heterocycles. The van der Waals surface area contributed by atoms with E-state index in [1.54, 1.807) is 30.6 Å². The highest BCUT2D eigenvalue weighted by atomic mass is 19.4. The summed E-state index contributed by atoms with van der Waals surface area (Å²) in [7, 11) is 2.03.